The number of hydrogen-bond acceptors (Lipinski definition) is 4. The Morgan fingerprint density at radius 2 is 1.86 bits per heavy atom. The molecule has 2 aromatic carbocycles. The SMILES string of the molecule is C[C@@H]1Cc2ccccc2N1C(=O)CSc1nc(C2CC2)n(-c2ccccc2)n1. The molecule has 0 N–H and O–H groups in total. The van der Waals surface area contributed by atoms with E-state index in [1.165, 1.54) is 17.3 Å². The number of thioether (sulfide) groups is 1. The van der Waals surface area contributed by atoms with Gasteiger partial charge in [0.25, 0.3) is 0 Å². The number of carbonyl (C=O) groups excluding carboxylic acids is 1. The second kappa shape index (κ2) is 7.09. The molecular weight excluding hydrogens is 368 g/mol. The van der Waals surface area contributed by atoms with E-state index in [0.717, 1.165) is 36.5 Å². The first-order valence-corrected chi connectivity index (χ1v) is 10.7. The molecule has 0 bridgehead atoms. The number of fused-ring (bicyclic) bond motifs is 1. The van der Waals surface area contributed by atoms with Crippen LogP contribution in [0.1, 0.15) is 37.1 Å². The smallest absolute Gasteiger partial charge is 0.237 e. The maximum absolute atomic E-state index is 12.9. The minimum Gasteiger partial charge on any atom is -0.308 e. The van der Waals surface area contributed by atoms with Gasteiger partial charge in [-0.05, 0) is 49.9 Å². The molecule has 5 rings (SSSR count). The predicted molar refractivity (Wildman–Crippen MR) is 111 cm³/mol. The summed E-state index contributed by atoms with van der Waals surface area (Å²) in [7, 11) is 0. The maximum atomic E-state index is 12.9. The molecule has 0 radical (unpaired) electrons. The fourth-order valence-electron chi connectivity index (χ4n) is 3.87. The zero-order chi connectivity index (χ0) is 19.1. The van der Waals surface area contributed by atoms with Crippen molar-refractivity contribution < 1.29 is 4.79 Å². The molecule has 2 heterocycles. The van der Waals surface area contributed by atoms with Crippen LogP contribution < -0.4 is 4.90 Å². The molecule has 1 aliphatic heterocycles. The zero-order valence-corrected chi connectivity index (χ0v) is 16.6. The van der Waals surface area contributed by atoms with Crippen molar-refractivity contribution in [1.82, 2.24) is 14.8 Å². The topological polar surface area (TPSA) is 51.0 Å². The number of para-hydroxylation sites is 2. The molecule has 1 aliphatic carbocycles. The highest BCUT2D eigenvalue weighted by Crippen LogP contribution is 2.40. The lowest BCUT2D eigenvalue weighted by molar-refractivity contribution is -0.116. The van der Waals surface area contributed by atoms with E-state index in [1.54, 1.807) is 0 Å². The van der Waals surface area contributed by atoms with Crippen LogP contribution in [0.3, 0.4) is 0 Å². The fourth-order valence-corrected chi connectivity index (χ4v) is 4.56. The van der Waals surface area contributed by atoms with E-state index in [2.05, 4.69) is 13.0 Å². The highest BCUT2D eigenvalue weighted by molar-refractivity contribution is 7.99. The predicted octanol–water partition coefficient (Wildman–Crippen LogP) is 4.21. The minimum atomic E-state index is 0.117. The van der Waals surface area contributed by atoms with Crippen LogP contribution in [0, 0.1) is 0 Å². The summed E-state index contributed by atoms with van der Waals surface area (Å²) in [6, 6.07) is 18.5. The van der Waals surface area contributed by atoms with E-state index in [9.17, 15) is 4.79 Å². The number of rotatable bonds is 5. The summed E-state index contributed by atoms with van der Waals surface area (Å²) >= 11 is 1.43. The number of amides is 1. The number of anilines is 1. The third-order valence-electron chi connectivity index (χ3n) is 5.36. The lowest BCUT2D eigenvalue weighted by atomic mass is 10.1. The van der Waals surface area contributed by atoms with Crippen LogP contribution in [-0.2, 0) is 11.2 Å². The van der Waals surface area contributed by atoms with Crippen molar-refractivity contribution in [1.29, 1.82) is 0 Å². The summed E-state index contributed by atoms with van der Waals surface area (Å²) in [4.78, 5) is 19.6. The number of nitrogens with zero attached hydrogens (tertiary/aromatic N) is 4. The third kappa shape index (κ3) is 3.22. The molecule has 5 nitrogen and oxygen atoms in total. The van der Waals surface area contributed by atoms with Crippen molar-refractivity contribution in [3.05, 3.63) is 66.0 Å². The molecule has 1 atom stereocenters. The largest absolute Gasteiger partial charge is 0.308 e. The van der Waals surface area contributed by atoms with Gasteiger partial charge >= 0.3 is 0 Å². The molecule has 1 fully saturated rings. The number of aromatic nitrogens is 3. The fraction of sp³-hybridized carbons (Fsp3) is 0.318. The first-order chi connectivity index (χ1) is 13.7. The summed E-state index contributed by atoms with van der Waals surface area (Å²) < 4.78 is 1.94. The van der Waals surface area contributed by atoms with Crippen molar-refractivity contribution in [2.75, 3.05) is 10.7 Å². The van der Waals surface area contributed by atoms with Crippen molar-refractivity contribution in [3.63, 3.8) is 0 Å². The Hall–Kier alpha value is -2.60. The lowest BCUT2D eigenvalue weighted by Gasteiger charge is -2.22. The Balaban J connectivity index is 1.34. The summed E-state index contributed by atoms with van der Waals surface area (Å²) in [5.41, 5.74) is 3.31. The van der Waals surface area contributed by atoms with Gasteiger partial charge in [-0.3, -0.25) is 4.79 Å². The van der Waals surface area contributed by atoms with E-state index in [1.807, 2.05) is 58.1 Å². The Bertz CT molecular complexity index is 1010. The van der Waals surface area contributed by atoms with Gasteiger partial charge in [0, 0.05) is 17.6 Å². The highest BCUT2D eigenvalue weighted by Gasteiger charge is 2.32. The van der Waals surface area contributed by atoms with Gasteiger partial charge in [-0.25, -0.2) is 9.67 Å². The van der Waals surface area contributed by atoms with Gasteiger partial charge < -0.3 is 4.90 Å². The molecule has 3 aromatic rings. The molecule has 1 amide bonds. The quantitative estimate of drug-likeness (QED) is 0.612. The van der Waals surface area contributed by atoms with Gasteiger partial charge in [0.1, 0.15) is 5.82 Å². The molecule has 0 spiro atoms. The summed E-state index contributed by atoms with van der Waals surface area (Å²) in [6.45, 7) is 2.11. The number of benzene rings is 2. The Labute approximate surface area is 168 Å². The van der Waals surface area contributed by atoms with Crippen LogP contribution in [0.25, 0.3) is 5.69 Å². The average Bonchev–Trinajstić information content (AvgIpc) is 3.38. The van der Waals surface area contributed by atoms with E-state index in [4.69, 9.17) is 10.1 Å². The molecule has 1 saturated carbocycles. The van der Waals surface area contributed by atoms with Crippen LogP contribution in [0.4, 0.5) is 5.69 Å². The molecular formula is C22H22N4OS. The van der Waals surface area contributed by atoms with Crippen molar-refractivity contribution >= 4 is 23.4 Å². The monoisotopic (exact) mass is 390 g/mol. The van der Waals surface area contributed by atoms with Crippen molar-refractivity contribution in [3.8, 4) is 5.69 Å². The van der Waals surface area contributed by atoms with Crippen LogP contribution >= 0.6 is 11.8 Å². The summed E-state index contributed by atoms with van der Waals surface area (Å²) in [6.07, 6.45) is 3.24. The van der Waals surface area contributed by atoms with Crippen molar-refractivity contribution in [2.45, 2.75) is 43.3 Å². The van der Waals surface area contributed by atoms with Crippen LogP contribution in [0.2, 0.25) is 0 Å². The van der Waals surface area contributed by atoms with E-state index in [0.29, 0.717) is 16.8 Å². The van der Waals surface area contributed by atoms with Gasteiger partial charge in [-0.2, -0.15) is 0 Å². The standard InChI is InChI=1S/C22H22N4OS/c1-15-13-17-7-5-6-10-19(17)25(15)20(27)14-28-22-23-21(16-11-12-16)26(24-22)18-8-3-2-4-9-18/h2-10,15-16H,11-14H2,1H3/t15-/m1/s1. The first-order valence-electron chi connectivity index (χ1n) is 9.76. The van der Waals surface area contributed by atoms with E-state index in [-0.39, 0.29) is 11.9 Å². The molecule has 142 valence electrons. The average molecular weight is 391 g/mol. The second-order valence-corrected chi connectivity index (χ2v) is 8.45. The first kappa shape index (κ1) is 17.5. The highest BCUT2D eigenvalue weighted by atomic mass is 32.2. The Morgan fingerprint density at radius 3 is 2.64 bits per heavy atom. The maximum Gasteiger partial charge on any atom is 0.237 e. The Morgan fingerprint density at radius 1 is 1.11 bits per heavy atom. The van der Waals surface area contributed by atoms with Gasteiger partial charge in [0.05, 0.1) is 11.4 Å². The van der Waals surface area contributed by atoms with E-state index >= 15 is 0 Å². The molecule has 6 heteroatoms. The molecule has 0 unspecified atom stereocenters. The summed E-state index contributed by atoms with van der Waals surface area (Å²) in [5.74, 6) is 1.97. The van der Waals surface area contributed by atoms with Crippen LogP contribution in [0.5, 0.6) is 0 Å². The van der Waals surface area contributed by atoms with Gasteiger partial charge in [0.15, 0.2) is 0 Å². The normalized spacial score (nSPS) is 18.3. The second-order valence-electron chi connectivity index (χ2n) is 7.51. The minimum absolute atomic E-state index is 0.117. The van der Waals surface area contributed by atoms with Crippen LogP contribution in [-0.4, -0.2) is 32.5 Å². The van der Waals surface area contributed by atoms with E-state index < -0.39 is 0 Å². The van der Waals surface area contributed by atoms with Gasteiger partial charge in [0.2, 0.25) is 11.1 Å². The number of hydrogen-bond donors (Lipinski definition) is 0. The van der Waals surface area contributed by atoms with Crippen LogP contribution in [0.15, 0.2) is 59.8 Å². The molecule has 28 heavy (non-hydrogen) atoms. The zero-order valence-electron chi connectivity index (χ0n) is 15.8. The van der Waals surface area contributed by atoms with Crippen molar-refractivity contribution in [2.24, 2.45) is 0 Å². The molecule has 2 aliphatic rings. The number of carbonyl (C=O) groups is 1. The third-order valence-corrected chi connectivity index (χ3v) is 6.18. The van der Waals surface area contributed by atoms with Gasteiger partial charge in [-0.1, -0.05) is 48.2 Å². The Kier molecular flexibility index (Phi) is 4.43. The molecule has 0 saturated heterocycles. The van der Waals surface area contributed by atoms with Gasteiger partial charge in [-0.15, -0.1) is 5.10 Å². The lowest BCUT2D eigenvalue weighted by Crippen LogP contribution is -2.37. The summed E-state index contributed by atoms with van der Waals surface area (Å²) in [5, 5.41) is 5.38. The molecule has 1 aromatic heterocycles.